The predicted molar refractivity (Wildman–Crippen MR) is 71.6 cm³/mol. The Labute approximate surface area is 114 Å². The van der Waals surface area contributed by atoms with Gasteiger partial charge in [0, 0.05) is 13.0 Å². The molecule has 1 aliphatic rings. The standard InChI is InChI=1S/C14H25NO4/c1-13(2,3)10-5-6-11(16)15(8-7-10)9-14(4,19)12(17)18/h10,19H,5-9H2,1-4H3,(H,17,18). The molecule has 0 aromatic rings. The van der Waals surface area contributed by atoms with Crippen molar-refractivity contribution in [2.45, 2.75) is 52.6 Å². The summed E-state index contributed by atoms with van der Waals surface area (Å²) >= 11 is 0. The predicted octanol–water partition coefficient (Wildman–Crippen LogP) is 1.50. The first-order chi connectivity index (χ1) is 8.54. The van der Waals surface area contributed by atoms with Gasteiger partial charge in [-0.3, -0.25) is 4.79 Å². The molecule has 0 aliphatic carbocycles. The van der Waals surface area contributed by atoms with Gasteiger partial charge >= 0.3 is 5.97 Å². The molecule has 110 valence electrons. The fourth-order valence-electron chi connectivity index (χ4n) is 2.51. The lowest BCUT2D eigenvalue weighted by Gasteiger charge is -2.30. The van der Waals surface area contributed by atoms with Gasteiger partial charge in [-0.15, -0.1) is 0 Å². The maximum absolute atomic E-state index is 12.0. The molecule has 2 atom stereocenters. The van der Waals surface area contributed by atoms with E-state index < -0.39 is 11.6 Å². The van der Waals surface area contributed by atoms with Crippen molar-refractivity contribution in [2.75, 3.05) is 13.1 Å². The van der Waals surface area contributed by atoms with Crippen LogP contribution in [0.2, 0.25) is 0 Å². The largest absolute Gasteiger partial charge is 0.479 e. The van der Waals surface area contributed by atoms with Gasteiger partial charge in [-0.1, -0.05) is 20.8 Å². The number of aliphatic hydroxyl groups is 1. The van der Waals surface area contributed by atoms with Crippen LogP contribution >= 0.6 is 0 Å². The molecule has 1 saturated heterocycles. The third-order valence-corrected chi connectivity index (χ3v) is 3.99. The molecule has 0 spiro atoms. The van der Waals surface area contributed by atoms with E-state index in [0.717, 1.165) is 12.8 Å². The van der Waals surface area contributed by atoms with Gasteiger partial charge in [0.2, 0.25) is 5.91 Å². The minimum atomic E-state index is -1.88. The van der Waals surface area contributed by atoms with E-state index in [4.69, 9.17) is 5.11 Å². The number of carbonyl (C=O) groups is 2. The van der Waals surface area contributed by atoms with Crippen molar-refractivity contribution in [1.29, 1.82) is 0 Å². The minimum absolute atomic E-state index is 0.0618. The average Bonchev–Trinajstić information content (AvgIpc) is 2.40. The molecule has 5 heteroatoms. The van der Waals surface area contributed by atoms with E-state index in [1.54, 1.807) is 0 Å². The molecule has 0 bridgehead atoms. The normalized spacial score (nSPS) is 24.8. The number of nitrogens with zero attached hydrogens (tertiary/aromatic N) is 1. The number of hydrogen-bond acceptors (Lipinski definition) is 3. The molecule has 0 aromatic heterocycles. The molecule has 0 saturated carbocycles. The highest BCUT2D eigenvalue weighted by molar-refractivity contribution is 5.80. The van der Waals surface area contributed by atoms with Crippen molar-refractivity contribution in [3.05, 3.63) is 0 Å². The second-order valence-electron chi connectivity index (χ2n) is 6.78. The van der Waals surface area contributed by atoms with Gasteiger partial charge in [0.15, 0.2) is 5.60 Å². The fraction of sp³-hybridized carbons (Fsp3) is 0.857. The maximum Gasteiger partial charge on any atom is 0.337 e. The Morgan fingerprint density at radius 2 is 1.89 bits per heavy atom. The number of β-amino-alcohol motifs (C(OH)–C–C–N with tert-alkyl or cyclic N) is 1. The number of hydrogen-bond donors (Lipinski definition) is 2. The fourth-order valence-corrected chi connectivity index (χ4v) is 2.51. The van der Waals surface area contributed by atoms with Crippen molar-refractivity contribution in [3.8, 4) is 0 Å². The lowest BCUT2D eigenvalue weighted by atomic mass is 9.77. The number of carbonyl (C=O) groups excluding carboxylic acids is 1. The first-order valence-electron chi connectivity index (χ1n) is 6.77. The molecular formula is C14H25NO4. The van der Waals surface area contributed by atoms with Crippen LogP contribution in [0.4, 0.5) is 0 Å². The minimum Gasteiger partial charge on any atom is -0.479 e. The van der Waals surface area contributed by atoms with E-state index in [-0.39, 0.29) is 17.9 Å². The van der Waals surface area contributed by atoms with Crippen LogP contribution in [0.1, 0.15) is 47.0 Å². The van der Waals surface area contributed by atoms with E-state index in [2.05, 4.69) is 20.8 Å². The van der Waals surface area contributed by atoms with Gasteiger partial charge in [0.25, 0.3) is 0 Å². The van der Waals surface area contributed by atoms with Gasteiger partial charge in [0.1, 0.15) is 0 Å². The van der Waals surface area contributed by atoms with Crippen LogP contribution in [0, 0.1) is 11.3 Å². The topological polar surface area (TPSA) is 77.8 Å². The number of rotatable bonds is 3. The van der Waals surface area contributed by atoms with Crippen molar-refractivity contribution < 1.29 is 19.8 Å². The summed E-state index contributed by atoms with van der Waals surface area (Å²) in [5, 5.41) is 18.7. The number of likely N-dealkylation sites (tertiary alicyclic amines) is 1. The Hall–Kier alpha value is -1.10. The Morgan fingerprint density at radius 3 is 2.37 bits per heavy atom. The summed E-state index contributed by atoms with van der Waals surface area (Å²) in [5.74, 6) is -0.915. The summed E-state index contributed by atoms with van der Waals surface area (Å²) in [4.78, 5) is 24.4. The van der Waals surface area contributed by atoms with E-state index in [1.807, 2.05) is 0 Å². The quantitative estimate of drug-likeness (QED) is 0.815. The molecule has 19 heavy (non-hydrogen) atoms. The van der Waals surface area contributed by atoms with E-state index in [1.165, 1.54) is 11.8 Å². The van der Waals surface area contributed by atoms with Gasteiger partial charge < -0.3 is 15.1 Å². The Balaban J connectivity index is 2.72. The second kappa shape index (κ2) is 5.49. The van der Waals surface area contributed by atoms with Gasteiger partial charge in [-0.2, -0.15) is 0 Å². The first kappa shape index (κ1) is 16.0. The smallest absolute Gasteiger partial charge is 0.337 e. The van der Waals surface area contributed by atoms with Gasteiger partial charge in [-0.25, -0.2) is 4.79 Å². The zero-order valence-electron chi connectivity index (χ0n) is 12.3. The summed E-state index contributed by atoms with van der Waals surface area (Å²) in [6, 6.07) is 0. The van der Waals surface area contributed by atoms with Crippen molar-refractivity contribution in [2.24, 2.45) is 11.3 Å². The summed E-state index contributed by atoms with van der Waals surface area (Å²) in [5.41, 5.74) is -1.73. The Morgan fingerprint density at radius 1 is 1.32 bits per heavy atom. The highest BCUT2D eigenvalue weighted by atomic mass is 16.4. The summed E-state index contributed by atoms with van der Waals surface area (Å²) < 4.78 is 0. The molecule has 1 aliphatic heterocycles. The molecule has 5 nitrogen and oxygen atoms in total. The van der Waals surface area contributed by atoms with Gasteiger partial charge in [0.05, 0.1) is 6.54 Å². The first-order valence-corrected chi connectivity index (χ1v) is 6.77. The summed E-state index contributed by atoms with van der Waals surface area (Å²) in [6.45, 7) is 8.08. The van der Waals surface area contributed by atoms with Crippen LogP contribution in [0.15, 0.2) is 0 Å². The van der Waals surface area contributed by atoms with E-state index >= 15 is 0 Å². The third-order valence-electron chi connectivity index (χ3n) is 3.99. The molecular weight excluding hydrogens is 246 g/mol. The molecule has 1 heterocycles. The van der Waals surface area contributed by atoms with Crippen LogP contribution in [-0.4, -0.2) is 45.7 Å². The molecule has 2 N–H and O–H groups in total. The molecule has 1 rings (SSSR count). The SMILES string of the molecule is CC(O)(CN1CCC(C(C)(C)C)CCC1=O)C(=O)O. The molecule has 1 amide bonds. The van der Waals surface area contributed by atoms with E-state index in [9.17, 15) is 14.7 Å². The van der Waals surface area contributed by atoms with Crippen LogP contribution in [-0.2, 0) is 9.59 Å². The lowest BCUT2D eigenvalue weighted by Crippen LogP contribution is -2.48. The van der Waals surface area contributed by atoms with Crippen LogP contribution < -0.4 is 0 Å². The van der Waals surface area contributed by atoms with Gasteiger partial charge in [-0.05, 0) is 31.1 Å². The molecule has 2 unspecified atom stereocenters. The van der Waals surface area contributed by atoms with Crippen molar-refractivity contribution in [3.63, 3.8) is 0 Å². The van der Waals surface area contributed by atoms with Crippen LogP contribution in [0.25, 0.3) is 0 Å². The molecule has 0 radical (unpaired) electrons. The second-order valence-corrected chi connectivity index (χ2v) is 6.78. The number of aliphatic carboxylic acids is 1. The highest BCUT2D eigenvalue weighted by Crippen LogP contribution is 2.34. The average molecular weight is 271 g/mol. The van der Waals surface area contributed by atoms with Crippen LogP contribution in [0.5, 0.6) is 0 Å². The lowest BCUT2D eigenvalue weighted by molar-refractivity contribution is -0.159. The number of carboxylic acid groups (broad SMARTS) is 1. The van der Waals surface area contributed by atoms with Crippen molar-refractivity contribution in [1.82, 2.24) is 4.90 Å². The zero-order valence-corrected chi connectivity index (χ0v) is 12.3. The monoisotopic (exact) mass is 271 g/mol. The van der Waals surface area contributed by atoms with Crippen molar-refractivity contribution >= 4 is 11.9 Å². The maximum atomic E-state index is 12.0. The molecule has 0 aromatic carbocycles. The number of carboxylic acids is 1. The van der Waals surface area contributed by atoms with E-state index in [0.29, 0.717) is 18.9 Å². The third kappa shape index (κ3) is 4.20. The summed E-state index contributed by atoms with van der Waals surface area (Å²) in [6.07, 6.45) is 2.11. The number of amides is 1. The Kier molecular flexibility index (Phi) is 4.61. The summed E-state index contributed by atoms with van der Waals surface area (Å²) in [7, 11) is 0. The Bertz CT molecular complexity index is 357. The molecule has 1 fully saturated rings. The zero-order chi connectivity index (χ0) is 14.8. The highest BCUT2D eigenvalue weighted by Gasteiger charge is 2.36. The van der Waals surface area contributed by atoms with Crippen LogP contribution in [0.3, 0.4) is 0 Å².